The minimum atomic E-state index is 0.0819. The van der Waals surface area contributed by atoms with E-state index in [-0.39, 0.29) is 11.9 Å². The molecule has 0 atom stereocenters. The van der Waals surface area contributed by atoms with Crippen molar-refractivity contribution in [3.05, 3.63) is 11.6 Å². The van der Waals surface area contributed by atoms with E-state index in [9.17, 15) is 9.59 Å². The maximum absolute atomic E-state index is 12.7. The lowest BCUT2D eigenvalue weighted by Crippen LogP contribution is -2.44. The molecule has 1 saturated carbocycles. The van der Waals surface area contributed by atoms with Gasteiger partial charge in [0.15, 0.2) is 5.82 Å². The molecule has 8 heteroatoms. The molecule has 3 aliphatic rings. The fraction of sp³-hybridized carbons (Fsp3) is 0.810. The predicted octanol–water partition coefficient (Wildman–Crippen LogP) is 2.45. The average molecular weight is 403 g/mol. The fourth-order valence-electron chi connectivity index (χ4n) is 5.09. The zero-order valence-electron chi connectivity index (χ0n) is 17.8. The molecule has 3 heterocycles. The number of piperidine rings is 1. The van der Waals surface area contributed by atoms with Crippen molar-refractivity contribution in [1.82, 2.24) is 29.5 Å². The van der Waals surface area contributed by atoms with E-state index in [0.717, 1.165) is 63.0 Å². The van der Waals surface area contributed by atoms with Crippen molar-refractivity contribution in [2.24, 2.45) is 5.92 Å². The van der Waals surface area contributed by atoms with Crippen LogP contribution in [0, 0.1) is 5.92 Å². The summed E-state index contributed by atoms with van der Waals surface area (Å²) in [7, 11) is 3.59. The molecule has 1 aromatic rings. The molecule has 0 unspecified atom stereocenters. The molecule has 0 N–H and O–H groups in total. The molecule has 29 heavy (non-hydrogen) atoms. The van der Waals surface area contributed by atoms with Gasteiger partial charge in [-0.2, -0.15) is 0 Å². The number of aromatic nitrogens is 3. The highest BCUT2D eigenvalue weighted by atomic mass is 16.2. The number of nitrogens with zero attached hydrogens (tertiary/aromatic N) is 6. The van der Waals surface area contributed by atoms with Crippen molar-refractivity contribution in [2.75, 3.05) is 33.7 Å². The minimum Gasteiger partial charge on any atom is -0.333 e. The van der Waals surface area contributed by atoms with E-state index in [0.29, 0.717) is 18.9 Å². The maximum Gasteiger partial charge on any atom is 0.319 e. The van der Waals surface area contributed by atoms with E-state index < -0.39 is 0 Å². The Balaban J connectivity index is 1.31. The number of hydrogen-bond acceptors (Lipinski definition) is 4. The van der Waals surface area contributed by atoms with Gasteiger partial charge in [0.05, 0.1) is 6.54 Å². The SMILES string of the molecule is CN(C)C(=O)N1CCC(c2nnc3n2CCN(C(=O)CCC2CCCC2)C3)CC1. The summed E-state index contributed by atoms with van der Waals surface area (Å²) in [6.45, 7) is 3.63. The Labute approximate surface area is 173 Å². The summed E-state index contributed by atoms with van der Waals surface area (Å²) in [5.41, 5.74) is 0. The average Bonchev–Trinajstić information content (AvgIpc) is 3.40. The Bertz CT molecular complexity index is 732. The number of urea groups is 1. The summed E-state index contributed by atoms with van der Waals surface area (Å²) in [5, 5.41) is 8.91. The summed E-state index contributed by atoms with van der Waals surface area (Å²) in [6.07, 6.45) is 8.80. The van der Waals surface area contributed by atoms with Crippen molar-refractivity contribution in [1.29, 1.82) is 0 Å². The summed E-state index contributed by atoms with van der Waals surface area (Å²) in [5.74, 6) is 3.31. The van der Waals surface area contributed by atoms with Crippen molar-refractivity contribution in [2.45, 2.75) is 70.4 Å². The van der Waals surface area contributed by atoms with Gasteiger partial charge >= 0.3 is 6.03 Å². The number of rotatable bonds is 4. The van der Waals surface area contributed by atoms with Crippen LogP contribution in [0.5, 0.6) is 0 Å². The largest absolute Gasteiger partial charge is 0.333 e. The zero-order chi connectivity index (χ0) is 20.4. The zero-order valence-corrected chi connectivity index (χ0v) is 17.8. The first-order valence-corrected chi connectivity index (χ1v) is 11.2. The Morgan fingerprint density at radius 3 is 2.38 bits per heavy atom. The Morgan fingerprint density at radius 1 is 0.966 bits per heavy atom. The Hall–Kier alpha value is -2.12. The van der Waals surface area contributed by atoms with Crippen LogP contribution in [0.25, 0.3) is 0 Å². The lowest BCUT2D eigenvalue weighted by Gasteiger charge is -2.34. The second kappa shape index (κ2) is 8.71. The van der Waals surface area contributed by atoms with Gasteiger partial charge in [0.25, 0.3) is 0 Å². The number of carbonyl (C=O) groups excluding carboxylic acids is 2. The molecule has 160 valence electrons. The third-order valence-electron chi connectivity index (χ3n) is 6.89. The predicted molar refractivity (Wildman–Crippen MR) is 109 cm³/mol. The smallest absolute Gasteiger partial charge is 0.319 e. The van der Waals surface area contributed by atoms with Gasteiger partial charge in [-0.1, -0.05) is 25.7 Å². The number of carbonyl (C=O) groups is 2. The molecule has 0 spiro atoms. The van der Waals surface area contributed by atoms with Crippen molar-refractivity contribution in [3.8, 4) is 0 Å². The monoisotopic (exact) mass is 402 g/mol. The number of fused-ring (bicyclic) bond motifs is 1. The first-order chi connectivity index (χ1) is 14.0. The minimum absolute atomic E-state index is 0.0819. The van der Waals surface area contributed by atoms with E-state index in [1.807, 2.05) is 9.80 Å². The van der Waals surface area contributed by atoms with Crippen LogP contribution in [0.2, 0.25) is 0 Å². The third kappa shape index (κ3) is 4.41. The highest BCUT2D eigenvalue weighted by molar-refractivity contribution is 5.76. The van der Waals surface area contributed by atoms with E-state index in [1.165, 1.54) is 25.7 Å². The lowest BCUT2D eigenvalue weighted by molar-refractivity contribution is -0.133. The van der Waals surface area contributed by atoms with Crippen molar-refractivity contribution < 1.29 is 9.59 Å². The van der Waals surface area contributed by atoms with Crippen LogP contribution in [-0.2, 0) is 17.9 Å². The summed E-state index contributed by atoms with van der Waals surface area (Å²) < 4.78 is 2.22. The fourth-order valence-corrected chi connectivity index (χ4v) is 5.09. The van der Waals surface area contributed by atoms with Gasteiger partial charge in [0.1, 0.15) is 5.82 Å². The first-order valence-electron chi connectivity index (χ1n) is 11.2. The molecule has 0 radical (unpaired) electrons. The quantitative estimate of drug-likeness (QED) is 0.775. The molecule has 1 saturated heterocycles. The van der Waals surface area contributed by atoms with Crippen LogP contribution in [0.1, 0.15) is 68.9 Å². The van der Waals surface area contributed by atoms with Gasteiger partial charge < -0.3 is 19.3 Å². The second-order valence-corrected chi connectivity index (χ2v) is 9.07. The normalized spacial score (nSPS) is 20.8. The Kier molecular flexibility index (Phi) is 6.06. The molecular weight excluding hydrogens is 368 g/mol. The van der Waals surface area contributed by atoms with Crippen LogP contribution in [0.3, 0.4) is 0 Å². The molecule has 3 amide bonds. The van der Waals surface area contributed by atoms with Crippen molar-refractivity contribution >= 4 is 11.9 Å². The van der Waals surface area contributed by atoms with Gasteiger partial charge in [-0.3, -0.25) is 4.79 Å². The molecule has 1 aliphatic carbocycles. The van der Waals surface area contributed by atoms with E-state index in [4.69, 9.17) is 0 Å². The summed E-state index contributed by atoms with van der Waals surface area (Å²) >= 11 is 0. The molecule has 2 aliphatic heterocycles. The second-order valence-electron chi connectivity index (χ2n) is 9.07. The number of hydrogen-bond donors (Lipinski definition) is 0. The van der Waals surface area contributed by atoms with Gasteiger partial charge in [-0.15, -0.1) is 10.2 Å². The van der Waals surface area contributed by atoms with Crippen molar-refractivity contribution in [3.63, 3.8) is 0 Å². The summed E-state index contributed by atoms with van der Waals surface area (Å²) in [6, 6.07) is 0.0819. The van der Waals surface area contributed by atoms with Crippen LogP contribution in [0.15, 0.2) is 0 Å². The van der Waals surface area contributed by atoms with Gasteiger partial charge in [-0.25, -0.2) is 4.79 Å². The lowest BCUT2D eigenvalue weighted by atomic mass is 9.96. The van der Waals surface area contributed by atoms with Gasteiger partial charge in [-0.05, 0) is 25.2 Å². The topological polar surface area (TPSA) is 74.6 Å². The third-order valence-corrected chi connectivity index (χ3v) is 6.89. The summed E-state index contributed by atoms with van der Waals surface area (Å²) in [4.78, 5) is 30.3. The highest BCUT2D eigenvalue weighted by Crippen LogP contribution is 2.30. The van der Waals surface area contributed by atoms with E-state index in [2.05, 4.69) is 14.8 Å². The first kappa shape index (κ1) is 20.2. The number of likely N-dealkylation sites (tertiary alicyclic amines) is 1. The van der Waals surface area contributed by atoms with Crippen LogP contribution in [0.4, 0.5) is 4.79 Å². The van der Waals surface area contributed by atoms with Crippen LogP contribution in [-0.4, -0.2) is 75.1 Å². The Morgan fingerprint density at radius 2 is 1.69 bits per heavy atom. The molecule has 4 rings (SSSR count). The van der Waals surface area contributed by atoms with E-state index in [1.54, 1.807) is 19.0 Å². The van der Waals surface area contributed by atoms with Gasteiger partial charge in [0, 0.05) is 52.6 Å². The molecular formula is C21H34N6O2. The molecule has 0 bridgehead atoms. The molecule has 2 fully saturated rings. The van der Waals surface area contributed by atoms with E-state index >= 15 is 0 Å². The van der Waals surface area contributed by atoms with Crippen LogP contribution < -0.4 is 0 Å². The highest BCUT2D eigenvalue weighted by Gasteiger charge is 2.31. The maximum atomic E-state index is 12.7. The molecule has 0 aromatic carbocycles. The standard InChI is InChI=1S/C21H34N6O2/c1-24(2)21(29)25-11-9-17(10-12-25)20-23-22-18-15-26(13-14-27(18)20)19(28)8-7-16-5-3-4-6-16/h16-17H,3-15H2,1-2H3. The number of amides is 3. The molecule has 1 aromatic heterocycles. The van der Waals surface area contributed by atoms with Crippen LogP contribution >= 0.6 is 0 Å². The molecule has 8 nitrogen and oxygen atoms in total. The van der Waals surface area contributed by atoms with Gasteiger partial charge in [0.2, 0.25) is 5.91 Å².